The molecule has 3 aliphatic rings. The monoisotopic (exact) mass is 483 g/mol. The second-order valence-electron chi connectivity index (χ2n) is 9.44. The summed E-state index contributed by atoms with van der Waals surface area (Å²) in [5, 5.41) is 15.2. The molecule has 0 spiro atoms. The Morgan fingerprint density at radius 2 is 2.11 bits per heavy atom. The Bertz CT molecular complexity index is 1360. The van der Waals surface area contributed by atoms with Crippen LogP contribution in [0, 0.1) is 0 Å². The van der Waals surface area contributed by atoms with Crippen LogP contribution in [-0.2, 0) is 19.4 Å². The van der Waals surface area contributed by atoms with Gasteiger partial charge in [0, 0.05) is 31.7 Å². The molecule has 0 radical (unpaired) electrons. The van der Waals surface area contributed by atoms with E-state index < -0.39 is 0 Å². The number of dihydropyridines is 1. The van der Waals surface area contributed by atoms with Gasteiger partial charge in [0.25, 0.3) is 5.91 Å². The van der Waals surface area contributed by atoms with Crippen molar-refractivity contribution in [2.45, 2.75) is 44.9 Å². The SMILES string of the molecule is COc1cc2c(cc1C(=O)NC1C=CC=C(c3nnc4n3[C@@H](C)CC4)N1)CN(c1ccccn1)CC2. The molecule has 9 heteroatoms. The van der Waals surface area contributed by atoms with E-state index in [4.69, 9.17) is 4.74 Å². The number of carbonyl (C=O) groups is 1. The first-order valence-electron chi connectivity index (χ1n) is 12.4. The van der Waals surface area contributed by atoms with Crippen molar-refractivity contribution < 1.29 is 9.53 Å². The normalized spacial score (nSPS) is 20.3. The molecule has 3 aliphatic heterocycles. The lowest BCUT2D eigenvalue weighted by molar-refractivity contribution is 0.0938. The highest BCUT2D eigenvalue weighted by Gasteiger charge is 2.28. The largest absolute Gasteiger partial charge is 0.496 e. The Morgan fingerprint density at radius 1 is 1.19 bits per heavy atom. The van der Waals surface area contributed by atoms with Crippen molar-refractivity contribution in [2.75, 3.05) is 18.6 Å². The van der Waals surface area contributed by atoms with Gasteiger partial charge in [-0.15, -0.1) is 10.2 Å². The van der Waals surface area contributed by atoms with E-state index >= 15 is 0 Å². The van der Waals surface area contributed by atoms with E-state index in [1.807, 2.05) is 48.6 Å². The molecule has 5 heterocycles. The van der Waals surface area contributed by atoms with Crippen molar-refractivity contribution in [2.24, 2.45) is 0 Å². The number of pyridine rings is 1. The van der Waals surface area contributed by atoms with Crippen molar-refractivity contribution in [3.63, 3.8) is 0 Å². The van der Waals surface area contributed by atoms with Gasteiger partial charge < -0.3 is 24.8 Å². The van der Waals surface area contributed by atoms with Crippen LogP contribution in [-0.4, -0.2) is 45.5 Å². The second-order valence-corrected chi connectivity index (χ2v) is 9.44. The van der Waals surface area contributed by atoms with Gasteiger partial charge in [-0.1, -0.05) is 12.1 Å². The van der Waals surface area contributed by atoms with Gasteiger partial charge in [0.15, 0.2) is 5.82 Å². The molecule has 0 saturated heterocycles. The van der Waals surface area contributed by atoms with E-state index in [1.54, 1.807) is 13.3 Å². The second kappa shape index (κ2) is 9.14. The number of aryl methyl sites for hydroxylation is 1. The van der Waals surface area contributed by atoms with Gasteiger partial charge in [-0.3, -0.25) is 4.79 Å². The van der Waals surface area contributed by atoms with Crippen molar-refractivity contribution >= 4 is 17.4 Å². The molecular weight excluding hydrogens is 454 g/mol. The number of rotatable bonds is 5. The molecule has 36 heavy (non-hydrogen) atoms. The number of fused-ring (bicyclic) bond motifs is 2. The minimum absolute atomic E-state index is 0.201. The van der Waals surface area contributed by atoms with E-state index in [9.17, 15) is 4.79 Å². The minimum atomic E-state index is -0.382. The van der Waals surface area contributed by atoms with Gasteiger partial charge in [-0.05, 0) is 67.3 Å². The number of allylic oxidation sites excluding steroid dienone is 2. The van der Waals surface area contributed by atoms with Crippen molar-refractivity contribution in [3.05, 3.63) is 83.1 Å². The number of amides is 1. The first-order valence-corrected chi connectivity index (χ1v) is 12.4. The quantitative estimate of drug-likeness (QED) is 0.576. The summed E-state index contributed by atoms with van der Waals surface area (Å²) in [7, 11) is 1.61. The smallest absolute Gasteiger partial charge is 0.256 e. The third kappa shape index (κ3) is 4.00. The van der Waals surface area contributed by atoms with Crippen molar-refractivity contribution in [3.8, 4) is 5.75 Å². The van der Waals surface area contributed by atoms with Crippen LogP contribution in [0.1, 0.15) is 52.5 Å². The fraction of sp³-hybridized carbons (Fsp3) is 0.333. The number of carbonyl (C=O) groups excluding carboxylic acids is 1. The summed E-state index contributed by atoms with van der Waals surface area (Å²) in [5.41, 5.74) is 3.67. The molecule has 0 aliphatic carbocycles. The first kappa shape index (κ1) is 22.3. The zero-order valence-electron chi connectivity index (χ0n) is 20.4. The van der Waals surface area contributed by atoms with E-state index in [0.717, 1.165) is 54.5 Å². The molecule has 184 valence electrons. The van der Waals surface area contributed by atoms with Gasteiger partial charge >= 0.3 is 0 Å². The molecular formula is C27H29N7O2. The molecule has 0 saturated carbocycles. The number of nitrogens with one attached hydrogen (secondary N) is 2. The third-order valence-electron chi connectivity index (χ3n) is 7.15. The Labute approximate surface area is 209 Å². The zero-order valence-corrected chi connectivity index (χ0v) is 20.4. The maximum Gasteiger partial charge on any atom is 0.256 e. The average Bonchev–Trinajstić information content (AvgIpc) is 3.51. The molecule has 9 nitrogen and oxygen atoms in total. The van der Waals surface area contributed by atoms with Crippen LogP contribution in [0.5, 0.6) is 5.75 Å². The van der Waals surface area contributed by atoms with Crippen molar-refractivity contribution in [1.82, 2.24) is 30.4 Å². The summed E-state index contributed by atoms with van der Waals surface area (Å²) in [6.45, 7) is 3.75. The lowest BCUT2D eigenvalue weighted by atomic mass is 9.96. The van der Waals surface area contributed by atoms with Crippen LogP contribution in [0.3, 0.4) is 0 Å². The molecule has 1 unspecified atom stereocenters. The Hall–Kier alpha value is -4.14. The maximum atomic E-state index is 13.4. The Balaban J connectivity index is 1.20. The fourth-order valence-corrected chi connectivity index (χ4v) is 5.25. The number of aromatic nitrogens is 4. The van der Waals surface area contributed by atoms with Crippen LogP contribution >= 0.6 is 0 Å². The zero-order chi connectivity index (χ0) is 24.6. The lowest BCUT2D eigenvalue weighted by Gasteiger charge is -2.30. The van der Waals surface area contributed by atoms with Gasteiger partial charge in [0.1, 0.15) is 23.6 Å². The minimum Gasteiger partial charge on any atom is -0.496 e. The van der Waals surface area contributed by atoms with Crippen LogP contribution in [0.25, 0.3) is 5.70 Å². The molecule has 2 atom stereocenters. The highest BCUT2D eigenvalue weighted by Crippen LogP contribution is 2.31. The summed E-state index contributed by atoms with van der Waals surface area (Å²) in [6, 6.07) is 10.2. The summed E-state index contributed by atoms with van der Waals surface area (Å²) in [4.78, 5) is 20.1. The molecule has 0 fully saturated rings. The van der Waals surface area contributed by atoms with E-state index in [2.05, 4.69) is 42.2 Å². The summed E-state index contributed by atoms with van der Waals surface area (Å²) in [5.74, 6) is 3.13. The molecule has 6 rings (SSSR count). The van der Waals surface area contributed by atoms with Gasteiger partial charge in [-0.25, -0.2) is 4.98 Å². The fourth-order valence-electron chi connectivity index (χ4n) is 5.25. The number of methoxy groups -OCH3 is 1. The molecule has 2 aromatic heterocycles. The first-order chi connectivity index (χ1) is 17.6. The lowest BCUT2D eigenvalue weighted by Crippen LogP contribution is -2.44. The molecule has 1 amide bonds. The van der Waals surface area contributed by atoms with Gasteiger partial charge in [0.2, 0.25) is 0 Å². The van der Waals surface area contributed by atoms with Gasteiger partial charge in [-0.2, -0.15) is 0 Å². The van der Waals surface area contributed by atoms with Crippen LogP contribution in [0.4, 0.5) is 5.82 Å². The standard InChI is InChI=1S/C27H29N7O2/c1-17-9-10-25-31-32-26(34(17)25)21-6-5-7-23(29-21)30-27(35)20-14-19-16-33(24-8-3-4-12-28-24)13-11-18(19)15-22(20)36-2/h3-8,12,14-15,17,23,29H,9-11,13,16H2,1-2H3,(H,30,35)/t17-,23?/m0/s1. The number of hydrogen-bond acceptors (Lipinski definition) is 7. The molecule has 3 aromatic rings. The Kier molecular flexibility index (Phi) is 5.67. The Morgan fingerprint density at radius 3 is 2.94 bits per heavy atom. The number of hydrogen-bond donors (Lipinski definition) is 2. The summed E-state index contributed by atoms with van der Waals surface area (Å²) in [6.07, 6.45) is 10.1. The third-order valence-corrected chi connectivity index (χ3v) is 7.15. The van der Waals surface area contributed by atoms with Gasteiger partial charge in [0.05, 0.1) is 18.4 Å². The predicted octanol–water partition coefficient (Wildman–Crippen LogP) is 3.01. The molecule has 2 N–H and O–H groups in total. The predicted molar refractivity (Wildman–Crippen MR) is 137 cm³/mol. The summed E-state index contributed by atoms with van der Waals surface area (Å²) < 4.78 is 7.79. The summed E-state index contributed by atoms with van der Waals surface area (Å²) >= 11 is 0. The number of benzene rings is 1. The van der Waals surface area contributed by atoms with Crippen LogP contribution in [0.2, 0.25) is 0 Å². The highest BCUT2D eigenvalue weighted by molar-refractivity contribution is 5.97. The number of anilines is 1. The van der Waals surface area contributed by atoms with Crippen LogP contribution < -0.4 is 20.3 Å². The average molecular weight is 484 g/mol. The molecule has 1 aromatic carbocycles. The number of ether oxygens (including phenoxy) is 1. The van der Waals surface area contributed by atoms with E-state index in [-0.39, 0.29) is 12.1 Å². The highest BCUT2D eigenvalue weighted by atomic mass is 16.5. The topological polar surface area (TPSA) is 97.2 Å². The number of nitrogens with zero attached hydrogens (tertiary/aromatic N) is 5. The van der Waals surface area contributed by atoms with E-state index in [1.165, 1.54) is 5.56 Å². The van der Waals surface area contributed by atoms with E-state index in [0.29, 0.717) is 23.9 Å². The van der Waals surface area contributed by atoms with Crippen molar-refractivity contribution in [1.29, 1.82) is 0 Å². The molecule has 0 bridgehead atoms. The maximum absolute atomic E-state index is 13.4. The van der Waals surface area contributed by atoms with Crippen LogP contribution in [0.15, 0.2) is 54.8 Å².